The zero-order chi connectivity index (χ0) is 12.1. The van der Waals surface area contributed by atoms with E-state index in [1.54, 1.807) is 0 Å². The smallest absolute Gasteiger partial charge is 0.122 e. The molecule has 0 spiro atoms. The summed E-state index contributed by atoms with van der Waals surface area (Å²) in [6.45, 7) is 3.39. The molecule has 0 atom stereocenters. The molecular weight excluding hydrogens is 230 g/mol. The van der Waals surface area contributed by atoms with Crippen LogP contribution in [0.4, 0.5) is 0 Å². The van der Waals surface area contributed by atoms with E-state index in [1.807, 2.05) is 35.6 Å². The third kappa shape index (κ3) is 3.32. The molecule has 0 fully saturated rings. The van der Waals surface area contributed by atoms with Crippen LogP contribution >= 0.6 is 11.3 Å². The van der Waals surface area contributed by atoms with E-state index < -0.39 is 0 Å². The monoisotopic (exact) mass is 247 g/mol. The molecule has 2 aromatic rings. The van der Waals surface area contributed by atoms with Gasteiger partial charge in [0.1, 0.15) is 12.4 Å². The highest BCUT2D eigenvalue weighted by Crippen LogP contribution is 2.20. The van der Waals surface area contributed by atoms with Crippen molar-refractivity contribution in [1.29, 1.82) is 0 Å². The first-order valence-corrected chi connectivity index (χ1v) is 6.63. The van der Waals surface area contributed by atoms with Crippen molar-refractivity contribution in [2.45, 2.75) is 26.5 Å². The highest BCUT2D eigenvalue weighted by Gasteiger charge is 2.00. The highest BCUT2D eigenvalue weighted by molar-refractivity contribution is 7.11. The van der Waals surface area contributed by atoms with Gasteiger partial charge in [-0.15, -0.1) is 11.3 Å². The zero-order valence-electron chi connectivity index (χ0n) is 9.98. The lowest BCUT2D eigenvalue weighted by Crippen LogP contribution is -1.96. The summed E-state index contributed by atoms with van der Waals surface area (Å²) in [6.07, 6.45) is 1.09. The van der Waals surface area contributed by atoms with Crippen LogP contribution in [0, 0.1) is 0 Å². The molecule has 0 aliphatic carbocycles. The van der Waals surface area contributed by atoms with Crippen LogP contribution < -0.4 is 10.5 Å². The van der Waals surface area contributed by atoms with Crippen LogP contribution in [0.5, 0.6) is 5.75 Å². The van der Waals surface area contributed by atoms with Gasteiger partial charge in [0.15, 0.2) is 0 Å². The molecule has 17 heavy (non-hydrogen) atoms. The molecule has 0 unspecified atom stereocenters. The second-order valence-electron chi connectivity index (χ2n) is 3.86. The minimum absolute atomic E-state index is 0.574. The molecule has 0 aliphatic rings. The third-order valence-corrected chi connectivity index (χ3v) is 3.81. The van der Waals surface area contributed by atoms with Gasteiger partial charge in [-0.25, -0.2) is 0 Å². The van der Waals surface area contributed by atoms with Crippen molar-refractivity contribution < 1.29 is 4.74 Å². The van der Waals surface area contributed by atoms with Gasteiger partial charge in [0.05, 0.1) is 0 Å². The predicted molar refractivity (Wildman–Crippen MR) is 72.4 cm³/mol. The summed E-state index contributed by atoms with van der Waals surface area (Å²) in [7, 11) is 0. The molecule has 2 N–H and O–H groups in total. The molecule has 0 bridgehead atoms. The maximum absolute atomic E-state index is 5.72. The number of nitrogens with two attached hydrogens (primary N) is 1. The van der Waals surface area contributed by atoms with Crippen molar-refractivity contribution >= 4 is 11.3 Å². The van der Waals surface area contributed by atoms with Crippen LogP contribution in [-0.4, -0.2) is 0 Å². The quantitative estimate of drug-likeness (QED) is 0.879. The second kappa shape index (κ2) is 5.84. The standard InChI is InChI=1S/C14H17NOS/c1-2-13-7-8-14(17-13)10-16-12-5-3-11(9-15)4-6-12/h3-8H,2,9-10,15H2,1H3. The Hall–Kier alpha value is -1.32. The number of benzene rings is 1. The van der Waals surface area contributed by atoms with Crippen molar-refractivity contribution in [1.82, 2.24) is 0 Å². The average Bonchev–Trinajstić information content (AvgIpc) is 2.85. The Bertz CT molecular complexity index is 461. The fraction of sp³-hybridized carbons (Fsp3) is 0.286. The Morgan fingerprint density at radius 2 is 1.76 bits per heavy atom. The van der Waals surface area contributed by atoms with E-state index in [0.29, 0.717) is 13.2 Å². The Labute approximate surface area is 106 Å². The summed E-state index contributed by atoms with van der Waals surface area (Å²) in [6, 6.07) is 12.2. The summed E-state index contributed by atoms with van der Waals surface area (Å²) < 4.78 is 5.72. The Balaban J connectivity index is 1.92. The summed E-state index contributed by atoms with van der Waals surface area (Å²) in [4.78, 5) is 2.67. The first-order valence-electron chi connectivity index (χ1n) is 5.81. The minimum Gasteiger partial charge on any atom is -0.488 e. The maximum atomic E-state index is 5.72. The number of rotatable bonds is 5. The number of ether oxygens (including phenoxy) is 1. The molecule has 1 aromatic heterocycles. The molecule has 0 saturated carbocycles. The van der Waals surface area contributed by atoms with Gasteiger partial charge >= 0.3 is 0 Å². The second-order valence-corrected chi connectivity index (χ2v) is 5.11. The topological polar surface area (TPSA) is 35.2 Å². The van der Waals surface area contributed by atoms with Crippen LogP contribution in [-0.2, 0) is 19.6 Å². The number of hydrogen-bond acceptors (Lipinski definition) is 3. The fourth-order valence-electron chi connectivity index (χ4n) is 1.57. The molecule has 90 valence electrons. The minimum atomic E-state index is 0.574. The molecule has 3 heteroatoms. The molecular formula is C14H17NOS. The van der Waals surface area contributed by atoms with Crippen LogP contribution in [0.1, 0.15) is 22.2 Å². The van der Waals surface area contributed by atoms with Gasteiger partial charge in [-0.1, -0.05) is 19.1 Å². The van der Waals surface area contributed by atoms with Gasteiger partial charge in [0, 0.05) is 16.3 Å². The van der Waals surface area contributed by atoms with Gasteiger partial charge in [-0.3, -0.25) is 0 Å². The molecule has 0 amide bonds. The van der Waals surface area contributed by atoms with Gasteiger partial charge in [0.2, 0.25) is 0 Å². The summed E-state index contributed by atoms with van der Waals surface area (Å²) in [5.41, 5.74) is 6.67. The average molecular weight is 247 g/mol. The van der Waals surface area contributed by atoms with E-state index in [0.717, 1.165) is 17.7 Å². The Kier molecular flexibility index (Phi) is 4.18. The van der Waals surface area contributed by atoms with Crippen LogP contribution in [0.3, 0.4) is 0 Å². The van der Waals surface area contributed by atoms with Gasteiger partial charge < -0.3 is 10.5 Å². The molecule has 1 aromatic carbocycles. The fourth-order valence-corrected chi connectivity index (χ4v) is 2.44. The normalized spacial score (nSPS) is 10.5. The number of aryl methyl sites for hydroxylation is 1. The lowest BCUT2D eigenvalue weighted by atomic mass is 10.2. The van der Waals surface area contributed by atoms with Crippen molar-refractivity contribution in [2.75, 3.05) is 0 Å². The van der Waals surface area contributed by atoms with Gasteiger partial charge in [-0.2, -0.15) is 0 Å². The molecule has 0 saturated heterocycles. The Morgan fingerprint density at radius 1 is 1.06 bits per heavy atom. The maximum Gasteiger partial charge on any atom is 0.122 e. The lowest BCUT2D eigenvalue weighted by Gasteiger charge is -2.05. The van der Waals surface area contributed by atoms with Crippen LogP contribution in [0.2, 0.25) is 0 Å². The highest BCUT2D eigenvalue weighted by atomic mass is 32.1. The van der Waals surface area contributed by atoms with Crippen LogP contribution in [0.25, 0.3) is 0 Å². The van der Waals surface area contributed by atoms with E-state index in [4.69, 9.17) is 10.5 Å². The van der Waals surface area contributed by atoms with Crippen LogP contribution in [0.15, 0.2) is 36.4 Å². The lowest BCUT2D eigenvalue weighted by molar-refractivity contribution is 0.310. The van der Waals surface area contributed by atoms with E-state index in [2.05, 4.69) is 19.1 Å². The molecule has 2 nitrogen and oxygen atoms in total. The van der Waals surface area contributed by atoms with Gasteiger partial charge in [-0.05, 0) is 36.2 Å². The number of thiophene rings is 1. The molecule has 1 heterocycles. The molecule has 0 aliphatic heterocycles. The van der Waals surface area contributed by atoms with E-state index in [9.17, 15) is 0 Å². The van der Waals surface area contributed by atoms with Crippen molar-refractivity contribution in [3.63, 3.8) is 0 Å². The first-order chi connectivity index (χ1) is 8.31. The van der Waals surface area contributed by atoms with E-state index >= 15 is 0 Å². The largest absolute Gasteiger partial charge is 0.488 e. The van der Waals surface area contributed by atoms with E-state index in [1.165, 1.54) is 9.75 Å². The predicted octanol–water partition coefficient (Wildman–Crippen LogP) is 3.35. The first kappa shape index (κ1) is 12.1. The number of hydrogen-bond donors (Lipinski definition) is 1. The van der Waals surface area contributed by atoms with Gasteiger partial charge in [0.25, 0.3) is 0 Å². The van der Waals surface area contributed by atoms with Crippen molar-refractivity contribution in [2.24, 2.45) is 5.73 Å². The summed E-state index contributed by atoms with van der Waals surface area (Å²) in [5, 5.41) is 0. The summed E-state index contributed by atoms with van der Waals surface area (Å²) in [5.74, 6) is 0.897. The summed E-state index contributed by atoms with van der Waals surface area (Å²) >= 11 is 1.81. The van der Waals surface area contributed by atoms with Crippen molar-refractivity contribution in [3.05, 3.63) is 51.7 Å². The SMILES string of the molecule is CCc1ccc(COc2ccc(CN)cc2)s1. The zero-order valence-corrected chi connectivity index (χ0v) is 10.8. The molecule has 0 radical (unpaired) electrons. The molecule has 2 rings (SSSR count). The Morgan fingerprint density at radius 3 is 2.35 bits per heavy atom. The third-order valence-electron chi connectivity index (χ3n) is 2.61. The van der Waals surface area contributed by atoms with E-state index in [-0.39, 0.29) is 0 Å². The van der Waals surface area contributed by atoms with Crippen molar-refractivity contribution in [3.8, 4) is 5.75 Å².